The van der Waals surface area contributed by atoms with Gasteiger partial charge in [-0.1, -0.05) is 57.2 Å². The maximum absolute atomic E-state index is 13.0. The molecule has 0 aliphatic carbocycles. The number of aliphatic hydroxyl groups excluding tert-OH is 1. The topological polar surface area (TPSA) is 118 Å². The van der Waals surface area contributed by atoms with Gasteiger partial charge >= 0.3 is 11.3 Å². The van der Waals surface area contributed by atoms with Crippen molar-refractivity contribution in [3.63, 3.8) is 0 Å². The molecular formula is C46H50O9. The lowest BCUT2D eigenvalue weighted by Gasteiger charge is -2.42. The first-order valence-electron chi connectivity index (χ1n) is 18.5. The van der Waals surface area contributed by atoms with Crippen LogP contribution in [0, 0.1) is 11.3 Å². The largest absolute Gasteiger partial charge is 0.496 e. The van der Waals surface area contributed by atoms with E-state index in [9.17, 15) is 14.7 Å². The van der Waals surface area contributed by atoms with E-state index in [1.54, 1.807) is 50.6 Å². The Kier molecular flexibility index (Phi) is 10.9. The zero-order valence-electron chi connectivity index (χ0n) is 33.0. The number of ether oxygens (including phenoxy) is 4. The molecule has 288 valence electrons. The molecule has 0 saturated heterocycles. The summed E-state index contributed by atoms with van der Waals surface area (Å²) in [6.45, 7) is 14.0. The zero-order valence-corrected chi connectivity index (χ0v) is 33.0. The summed E-state index contributed by atoms with van der Waals surface area (Å²) in [4.78, 5) is 26.1. The molecular weight excluding hydrogens is 696 g/mol. The molecule has 9 heteroatoms. The molecule has 2 atom stereocenters. The maximum Gasteiger partial charge on any atom is 0.344 e. The highest BCUT2D eigenvalue weighted by atomic mass is 16.5. The van der Waals surface area contributed by atoms with Crippen LogP contribution in [0.1, 0.15) is 61.3 Å². The first-order chi connectivity index (χ1) is 26.0. The Morgan fingerprint density at radius 1 is 0.600 bits per heavy atom. The van der Waals surface area contributed by atoms with Crippen molar-refractivity contribution >= 4 is 21.9 Å². The Hall–Kier alpha value is -5.54. The Balaban J connectivity index is 1.11. The van der Waals surface area contributed by atoms with Crippen LogP contribution < -0.4 is 30.2 Å². The molecule has 0 amide bonds. The molecule has 0 fully saturated rings. The number of para-hydroxylation sites is 2. The van der Waals surface area contributed by atoms with Crippen LogP contribution in [0.5, 0.6) is 23.0 Å². The fourth-order valence-electron chi connectivity index (χ4n) is 7.99. The van der Waals surface area contributed by atoms with Crippen LogP contribution in [0.3, 0.4) is 0 Å². The van der Waals surface area contributed by atoms with Crippen LogP contribution in [-0.2, 0) is 0 Å². The average molecular weight is 747 g/mol. The van der Waals surface area contributed by atoms with Gasteiger partial charge in [0.05, 0.1) is 31.5 Å². The van der Waals surface area contributed by atoms with E-state index in [2.05, 4.69) is 0 Å². The summed E-state index contributed by atoms with van der Waals surface area (Å²) in [5, 5.41) is 13.2. The summed E-state index contributed by atoms with van der Waals surface area (Å²) in [6.07, 6.45) is 0.389. The van der Waals surface area contributed by atoms with Gasteiger partial charge in [0.2, 0.25) is 0 Å². The van der Waals surface area contributed by atoms with Gasteiger partial charge in [0.25, 0.3) is 0 Å². The Labute approximate surface area is 321 Å². The third-order valence-corrected chi connectivity index (χ3v) is 10.0. The van der Waals surface area contributed by atoms with Gasteiger partial charge in [-0.2, -0.15) is 0 Å². The van der Waals surface area contributed by atoms with E-state index in [0.29, 0.717) is 69.3 Å². The first kappa shape index (κ1) is 39.2. The zero-order chi connectivity index (χ0) is 39.7. The van der Waals surface area contributed by atoms with Crippen molar-refractivity contribution in [3.8, 4) is 45.3 Å². The molecule has 0 bridgehead atoms. The van der Waals surface area contributed by atoms with E-state index >= 15 is 0 Å². The number of rotatable bonds is 14. The van der Waals surface area contributed by atoms with Gasteiger partial charge in [-0.3, -0.25) is 0 Å². The summed E-state index contributed by atoms with van der Waals surface area (Å²) in [5.74, 6) is 2.15. The third kappa shape index (κ3) is 8.73. The third-order valence-electron chi connectivity index (χ3n) is 10.0. The molecule has 55 heavy (non-hydrogen) atoms. The summed E-state index contributed by atoms with van der Waals surface area (Å²) < 4.78 is 35.3. The molecule has 2 heterocycles. The SMILES string of the molecule is COc1ccccc1-c1cc2ccc(OC(C)(C)CC(C)C(O)C(C)(C)CC(C)(C)Oc3ccc4cc(-c5ccccc5OC)c(=O)oc4c3)cc2oc1=O. The predicted octanol–water partition coefficient (Wildman–Crippen LogP) is 10.1. The number of aliphatic hydroxyl groups is 1. The van der Waals surface area contributed by atoms with E-state index in [1.165, 1.54) is 0 Å². The Morgan fingerprint density at radius 3 is 1.49 bits per heavy atom. The smallest absolute Gasteiger partial charge is 0.344 e. The first-order valence-corrected chi connectivity index (χ1v) is 18.5. The molecule has 9 nitrogen and oxygen atoms in total. The number of hydrogen-bond acceptors (Lipinski definition) is 9. The lowest BCUT2D eigenvalue weighted by molar-refractivity contribution is -0.0550. The summed E-state index contributed by atoms with van der Waals surface area (Å²) in [7, 11) is 3.14. The van der Waals surface area contributed by atoms with Gasteiger partial charge < -0.3 is 32.9 Å². The van der Waals surface area contributed by atoms with E-state index in [-0.39, 0.29) is 5.92 Å². The second-order valence-corrected chi connectivity index (χ2v) is 16.2. The molecule has 0 radical (unpaired) electrons. The minimum Gasteiger partial charge on any atom is -0.496 e. The van der Waals surface area contributed by atoms with E-state index in [4.69, 9.17) is 27.8 Å². The van der Waals surface area contributed by atoms with Crippen molar-refractivity contribution in [2.24, 2.45) is 11.3 Å². The van der Waals surface area contributed by atoms with E-state index in [0.717, 1.165) is 10.8 Å². The normalized spacial score (nSPS) is 13.4. The van der Waals surface area contributed by atoms with Crippen LogP contribution in [0.2, 0.25) is 0 Å². The highest BCUT2D eigenvalue weighted by Gasteiger charge is 2.40. The predicted molar refractivity (Wildman–Crippen MR) is 217 cm³/mol. The number of benzene rings is 4. The van der Waals surface area contributed by atoms with Crippen molar-refractivity contribution in [1.82, 2.24) is 0 Å². The monoisotopic (exact) mass is 746 g/mol. The summed E-state index contributed by atoms with van der Waals surface area (Å²) >= 11 is 0. The Bertz CT molecular complexity index is 2440. The molecule has 0 aliphatic heterocycles. The second kappa shape index (κ2) is 15.3. The van der Waals surface area contributed by atoms with Gasteiger partial charge in [0.1, 0.15) is 45.4 Å². The molecule has 2 unspecified atom stereocenters. The highest BCUT2D eigenvalue weighted by Crippen LogP contribution is 2.40. The minimum absolute atomic E-state index is 0.144. The van der Waals surface area contributed by atoms with Crippen molar-refractivity contribution < 1.29 is 32.9 Å². The molecule has 6 rings (SSSR count). The van der Waals surface area contributed by atoms with Gasteiger partial charge in [-0.05, 0) is 100 Å². The molecule has 2 aromatic heterocycles. The standard InChI is InChI=1S/C46H50O9/c1-28(26-45(4,5)54-31-20-18-29-22-35(42(48)52-39(29)24-31)33-14-10-12-16-37(33)50-8)41(47)44(2,3)27-46(6,7)55-32-21-19-30-23-36(43(49)53-40(30)25-32)34-15-11-13-17-38(34)51-9/h10-25,28,41,47H,26-27H2,1-9H3. The van der Waals surface area contributed by atoms with Crippen LogP contribution in [0.25, 0.3) is 44.2 Å². The van der Waals surface area contributed by atoms with Gasteiger partial charge in [-0.15, -0.1) is 0 Å². The Morgan fingerprint density at radius 2 is 1.04 bits per heavy atom. The minimum atomic E-state index is -0.690. The molecule has 0 spiro atoms. The van der Waals surface area contributed by atoms with Crippen molar-refractivity contribution in [2.45, 2.75) is 78.6 Å². The number of hydrogen-bond donors (Lipinski definition) is 1. The fraction of sp³-hybridized carbons (Fsp3) is 0.348. The maximum atomic E-state index is 13.0. The van der Waals surface area contributed by atoms with Crippen molar-refractivity contribution in [1.29, 1.82) is 0 Å². The number of methoxy groups -OCH3 is 2. The molecule has 6 aromatic rings. The lowest BCUT2D eigenvalue weighted by Crippen LogP contribution is -2.44. The van der Waals surface area contributed by atoms with Gasteiger partial charge in [0, 0.05) is 34.0 Å². The average Bonchev–Trinajstić information content (AvgIpc) is 3.12. The van der Waals surface area contributed by atoms with Gasteiger partial charge in [-0.25, -0.2) is 9.59 Å². The van der Waals surface area contributed by atoms with Crippen LogP contribution in [0.4, 0.5) is 0 Å². The fourth-order valence-corrected chi connectivity index (χ4v) is 7.99. The summed E-state index contributed by atoms with van der Waals surface area (Å²) in [6, 6.07) is 29.2. The molecule has 4 aromatic carbocycles. The highest BCUT2D eigenvalue weighted by molar-refractivity contribution is 5.85. The lowest BCUT2D eigenvalue weighted by atomic mass is 9.71. The van der Waals surface area contributed by atoms with Crippen LogP contribution >= 0.6 is 0 Å². The number of fused-ring (bicyclic) bond motifs is 2. The van der Waals surface area contributed by atoms with Crippen LogP contribution in [0.15, 0.2) is 115 Å². The quantitative estimate of drug-likeness (QED) is 0.109. The van der Waals surface area contributed by atoms with E-state index in [1.807, 2.05) is 109 Å². The molecule has 0 aliphatic rings. The van der Waals surface area contributed by atoms with Gasteiger partial charge in [0.15, 0.2) is 0 Å². The molecule has 0 saturated carbocycles. The van der Waals surface area contributed by atoms with Crippen molar-refractivity contribution in [2.75, 3.05) is 14.2 Å². The summed E-state index contributed by atoms with van der Waals surface area (Å²) in [5.41, 5.74) is 0.178. The van der Waals surface area contributed by atoms with Crippen molar-refractivity contribution in [3.05, 3.63) is 118 Å². The molecule has 1 N–H and O–H groups in total. The van der Waals surface area contributed by atoms with E-state index < -0.39 is 34.0 Å². The second-order valence-electron chi connectivity index (χ2n) is 16.2. The van der Waals surface area contributed by atoms with Crippen LogP contribution in [-0.4, -0.2) is 36.6 Å².